The molecule has 1 rings (SSSR count). The number of alkyl halides is 1. The topological polar surface area (TPSA) is 38.3 Å². The number of ketones is 1. The lowest BCUT2D eigenvalue weighted by atomic mass is 9.78. The summed E-state index contributed by atoms with van der Waals surface area (Å²) in [6.45, 7) is 9.94. The summed E-state index contributed by atoms with van der Waals surface area (Å²) in [4.78, 5) is 16.2. The van der Waals surface area contributed by atoms with Gasteiger partial charge in [0.2, 0.25) is 0 Å². The molecule has 102 valence electrons. The molecule has 0 aromatic rings. The van der Waals surface area contributed by atoms with Crippen LogP contribution in [0.3, 0.4) is 0 Å². The second-order valence-corrected chi connectivity index (χ2v) is 5.25. The lowest BCUT2D eigenvalue weighted by molar-refractivity contribution is -0.115. The highest BCUT2D eigenvalue weighted by Crippen LogP contribution is 2.42. The summed E-state index contributed by atoms with van der Waals surface area (Å²) in [6, 6.07) is 0. The summed E-state index contributed by atoms with van der Waals surface area (Å²) in [5.41, 5.74) is 5.61. The summed E-state index contributed by atoms with van der Waals surface area (Å²) in [5.74, 6) is -0.00808. The number of Topliss-reactive ketones (excluding diaryl/α,β-unsaturated/α-hetero) is 1. The highest BCUT2D eigenvalue weighted by atomic mass is 35.5. The first-order valence-corrected chi connectivity index (χ1v) is 6.76. The summed E-state index contributed by atoms with van der Waals surface area (Å²) in [5, 5.41) is 0. The summed E-state index contributed by atoms with van der Waals surface area (Å²) >= 11 is 6.68. The van der Waals surface area contributed by atoms with Crippen LogP contribution in [0.5, 0.6) is 0 Å². The Morgan fingerprint density at radius 2 is 2.17 bits per heavy atom. The van der Waals surface area contributed by atoms with E-state index in [1.807, 2.05) is 20.8 Å². The maximum absolute atomic E-state index is 11.9. The number of allylic oxidation sites excluding steroid dienone is 2. The molecular formula is C14H22ClNO2. The Labute approximate surface area is 114 Å². The summed E-state index contributed by atoms with van der Waals surface area (Å²) < 4.78 is 0. The first-order chi connectivity index (χ1) is 8.38. The van der Waals surface area contributed by atoms with Gasteiger partial charge in [-0.1, -0.05) is 37.1 Å². The molecule has 18 heavy (non-hydrogen) atoms. The second kappa shape index (κ2) is 6.00. The van der Waals surface area contributed by atoms with Crippen molar-refractivity contribution < 1.29 is 9.63 Å². The highest BCUT2D eigenvalue weighted by molar-refractivity contribution is 6.29. The van der Waals surface area contributed by atoms with E-state index in [-0.39, 0.29) is 11.7 Å². The molecular weight excluding hydrogens is 250 g/mol. The third-order valence-corrected chi connectivity index (χ3v) is 4.03. The predicted molar refractivity (Wildman–Crippen MR) is 74.3 cm³/mol. The number of halogens is 1. The summed E-state index contributed by atoms with van der Waals surface area (Å²) in [7, 11) is 0. The van der Waals surface area contributed by atoms with Gasteiger partial charge in [-0.2, -0.15) is 5.48 Å². The van der Waals surface area contributed by atoms with E-state index in [9.17, 15) is 4.79 Å². The van der Waals surface area contributed by atoms with Crippen molar-refractivity contribution in [1.82, 2.24) is 5.48 Å². The van der Waals surface area contributed by atoms with E-state index < -0.39 is 5.00 Å². The Morgan fingerprint density at radius 3 is 2.61 bits per heavy atom. The van der Waals surface area contributed by atoms with Crippen molar-refractivity contribution in [3.63, 3.8) is 0 Å². The quantitative estimate of drug-likeness (QED) is 0.473. The normalized spacial score (nSPS) is 28.3. The molecule has 2 atom stereocenters. The van der Waals surface area contributed by atoms with Crippen molar-refractivity contribution >= 4 is 17.4 Å². The molecule has 0 aromatic carbocycles. The van der Waals surface area contributed by atoms with E-state index in [0.717, 1.165) is 12.0 Å². The van der Waals surface area contributed by atoms with Gasteiger partial charge < -0.3 is 4.84 Å². The molecule has 1 aliphatic carbocycles. The fraction of sp³-hybridized carbons (Fsp3) is 0.643. The van der Waals surface area contributed by atoms with Gasteiger partial charge >= 0.3 is 0 Å². The lowest BCUT2D eigenvalue weighted by Crippen LogP contribution is -2.51. The molecule has 0 aliphatic heterocycles. The molecule has 4 heteroatoms. The van der Waals surface area contributed by atoms with Crippen LogP contribution >= 0.6 is 11.6 Å². The maximum atomic E-state index is 11.9. The smallest absolute Gasteiger partial charge is 0.159 e. The van der Waals surface area contributed by atoms with Crippen LogP contribution in [0.15, 0.2) is 22.8 Å². The third kappa shape index (κ3) is 2.68. The van der Waals surface area contributed by atoms with Gasteiger partial charge in [-0.25, -0.2) is 0 Å². The third-order valence-electron chi connectivity index (χ3n) is 3.44. The SMILES string of the molecule is CCONC1(Cl)C(C(C)=O)=C(C)C=C(CC)C1C. The van der Waals surface area contributed by atoms with E-state index in [1.165, 1.54) is 5.57 Å². The van der Waals surface area contributed by atoms with Crippen LogP contribution < -0.4 is 5.48 Å². The van der Waals surface area contributed by atoms with Crippen LogP contribution in [0.25, 0.3) is 0 Å². The number of rotatable bonds is 5. The molecule has 0 spiro atoms. The first kappa shape index (κ1) is 15.4. The number of hydrogen-bond donors (Lipinski definition) is 1. The van der Waals surface area contributed by atoms with Gasteiger partial charge in [0.1, 0.15) is 0 Å². The molecule has 0 fully saturated rings. The van der Waals surface area contributed by atoms with E-state index in [0.29, 0.717) is 12.2 Å². The Balaban J connectivity index is 3.27. The van der Waals surface area contributed by atoms with E-state index in [2.05, 4.69) is 18.5 Å². The Hall–Kier alpha value is -0.640. The Bertz CT molecular complexity index is 401. The number of hydrogen-bond acceptors (Lipinski definition) is 3. The average Bonchev–Trinajstić information content (AvgIpc) is 2.31. The fourth-order valence-electron chi connectivity index (χ4n) is 2.49. The van der Waals surface area contributed by atoms with Crippen LogP contribution in [0.1, 0.15) is 41.0 Å². The lowest BCUT2D eigenvalue weighted by Gasteiger charge is -2.39. The van der Waals surface area contributed by atoms with Gasteiger partial charge in [-0.05, 0) is 32.8 Å². The van der Waals surface area contributed by atoms with Gasteiger partial charge in [0.05, 0.1) is 6.61 Å². The standard InChI is InChI=1S/C14H22ClNO2/c1-6-12-8-9(3)13(11(5)17)14(15,10(12)4)16-18-7-2/h8,10,16H,6-7H2,1-5H3. The second-order valence-electron chi connectivity index (χ2n) is 4.66. The minimum atomic E-state index is -0.966. The van der Waals surface area contributed by atoms with Crippen LogP contribution in [0, 0.1) is 5.92 Å². The molecule has 0 bridgehead atoms. The number of carbonyl (C=O) groups excluding carboxylic acids is 1. The van der Waals surface area contributed by atoms with Crippen LogP contribution in [-0.4, -0.2) is 17.4 Å². The number of hydroxylamine groups is 1. The minimum absolute atomic E-state index is 0.0123. The van der Waals surface area contributed by atoms with Gasteiger partial charge in [-0.3, -0.25) is 4.79 Å². The van der Waals surface area contributed by atoms with Crippen LogP contribution in [0.2, 0.25) is 0 Å². The highest BCUT2D eigenvalue weighted by Gasteiger charge is 2.44. The Kier molecular flexibility index (Phi) is 5.14. The predicted octanol–water partition coefficient (Wildman–Crippen LogP) is 3.35. The minimum Gasteiger partial charge on any atom is -0.300 e. The summed E-state index contributed by atoms with van der Waals surface area (Å²) in [6.07, 6.45) is 2.97. The van der Waals surface area contributed by atoms with Crippen LogP contribution in [-0.2, 0) is 9.63 Å². The molecule has 0 saturated heterocycles. The Morgan fingerprint density at radius 1 is 1.56 bits per heavy atom. The molecule has 0 saturated carbocycles. The molecule has 0 heterocycles. The average molecular weight is 272 g/mol. The van der Waals surface area contributed by atoms with Crippen molar-refractivity contribution in [1.29, 1.82) is 0 Å². The zero-order chi connectivity index (χ0) is 13.9. The van der Waals surface area contributed by atoms with Gasteiger partial charge in [0.25, 0.3) is 0 Å². The first-order valence-electron chi connectivity index (χ1n) is 6.39. The maximum Gasteiger partial charge on any atom is 0.159 e. The number of nitrogens with one attached hydrogen (secondary N) is 1. The largest absolute Gasteiger partial charge is 0.300 e. The monoisotopic (exact) mass is 271 g/mol. The molecule has 0 amide bonds. The van der Waals surface area contributed by atoms with Crippen molar-refractivity contribution in [2.24, 2.45) is 5.92 Å². The van der Waals surface area contributed by atoms with Crippen molar-refractivity contribution in [2.45, 2.75) is 46.0 Å². The molecule has 1 aliphatic rings. The fourth-order valence-corrected chi connectivity index (χ4v) is 2.97. The zero-order valence-corrected chi connectivity index (χ0v) is 12.5. The van der Waals surface area contributed by atoms with E-state index >= 15 is 0 Å². The molecule has 0 aromatic heterocycles. The van der Waals surface area contributed by atoms with E-state index in [1.54, 1.807) is 6.92 Å². The molecule has 1 N–H and O–H groups in total. The zero-order valence-electron chi connectivity index (χ0n) is 11.8. The van der Waals surface area contributed by atoms with Crippen molar-refractivity contribution in [3.05, 3.63) is 22.8 Å². The van der Waals surface area contributed by atoms with Crippen LogP contribution in [0.4, 0.5) is 0 Å². The van der Waals surface area contributed by atoms with Gasteiger partial charge in [0.15, 0.2) is 10.8 Å². The van der Waals surface area contributed by atoms with Gasteiger partial charge in [0, 0.05) is 11.5 Å². The van der Waals surface area contributed by atoms with Crippen molar-refractivity contribution in [2.75, 3.05) is 6.61 Å². The number of carbonyl (C=O) groups is 1. The molecule has 0 radical (unpaired) electrons. The molecule has 2 unspecified atom stereocenters. The van der Waals surface area contributed by atoms with Crippen molar-refractivity contribution in [3.8, 4) is 0 Å². The molecule has 3 nitrogen and oxygen atoms in total. The van der Waals surface area contributed by atoms with E-state index in [4.69, 9.17) is 16.4 Å². The van der Waals surface area contributed by atoms with Gasteiger partial charge in [-0.15, -0.1) is 0 Å².